The molecule has 0 radical (unpaired) electrons. The first-order chi connectivity index (χ1) is 31.7. The highest BCUT2D eigenvalue weighted by molar-refractivity contribution is 5.80. The molecule has 1 heterocycles. The number of unbranched alkanes of at least 4 members (excludes halogenated alkanes) is 36. The fourth-order valence-corrected chi connectivity index (χ4v) is 9.31. The normalized spacial score (nSPS) is 20.8. The Kier molecular flexibility index (Phi) is 42.4. The topological polar surface area (TPSA) is 189 Å². The molecule has 0 spiro atoms. The van der Waals surface area contributed by atoms with Gasteiger partial charge in [0.25, 0.3) is 0 Å². The van der Waals surface area contributed by atoms with Crippen LogP contribution in [0.1, 0.15) is 271 Å². The molecule has 1 rings (SSSR count). The van der Waals surface area contributed by atoms with Crippen molar-refractivity contribution in [3.63, 3.8) is 0 Å². The lowest BCUT2D eigenvalue weighted by atomic mass is 9.99. The van der Waals surface area contributed by atoms with Crippen LogP contribution < -0.4 is 5.32 Å². The highest BCUT2D eigenvalue weighted by Crippen LogP contribution is 2.23. The second-order valence-corrected chi connectivity index (χ2v) is 20.0. The molecule has 65 heavy (non-hydrogen) atoms. The molecule has 388 valence electrons. The van der Waals surface area contributed by atoms with Gasteiger partial charge in [-0.25, -0.2) is 0 Å². The molecule has 1 amide bonds. The number of amides is 1. The summed E-state index contributed by atoms with van der Waals surface area (Å²) in [7, 11) is 0. The summed E-state index contributed by atoms with van der Waals surface area (Å²) in [6.45, 7) is 3.19. The first-order valence-corrected chi connectivity index (χ1v) is 27.9. The van der Waals surface area contributed by atoms with Gasteiger partial charge < -0.3 is 50.5 Å². The van der Waals surface area contributed by atoms with Crippen LogP contribution in [0.15, 0.2) is 0 Å². The molecule has 11 nitrogen and oxygen atoms in total. The fourth-order valence-electron chi connectivity index (χ4n) is 9.31. The maximum absolute atomic E-state index is 12.9. The minimum Gasteiger partial charge on any atom is -0.394 e. The van der Waals surface area contributed by atoms with Crippen LogP contribution >= 0.6 is 0 Å². The molecule has 1 fully saturated rings. The number of aliphatic hydroxyl groups excluding tert-OH is 7. The molecule has 0 aromatic carbocycles. The minimum atomic E-state index is -1.65. The van der Waals surface area contributed by atoms with E-state index in [1.807, 2.05) is 6.92 Å². The van der Waals surface area contributed by atoms with Crippen LogP contribution in [0, 0.1) is 0 Å². The zero-order valence-electron chi connectivity index (χ0n) is 42.2. The smallest absolute Gasteiger partial charge is 0.249 e. The number of carbonyl (C=O) groups excluding carboxylic acids is 1. The van der Waals surface area contributed by atoms with E-state index in [2.05, 4.69) is 12.2 Å². The van der Waals surface area contributed by atoms with Gasteiger partial charge in [-0.15, -0.1) is 0 Å². The van der Waals surface area contributed by atoms with Gasteiger partial charge in [0.1, 0.15) is 36.6 Å². The third kappa shape index (κ3) is 33.3. The highest BCUT2D eigenvalue weighted by Gasteiger charge is 2.44. The number of ether oxygens (including phenoxy) is 2. The van der Waals surface area contributed by atoms with E-state index in [1.54, 1.807) is 0 Å². The first kappa shape index (κ1) is 62.1. The van der Waals surface area contributed by atoms with Crippen molar-refractivity contribution in [2.45, 2.75) is 326 Å². The van der Waals surface area contributed by atoms with E-state index in [4.69, 9.17) is 9.47 Å². The molecule has 0 aliphatic carbocycles. The molecule has 0 aromatic heterocycles. The molecule has 1 aliphatic heterocycles. The van der Waals surface area contributed by atoms with Crippen LogP contribution in [0.4, 0.5) is 0 Å². The zero-order valence-corrected chi connectivity index (χ0v) is 42.2. The Balaban J connectivity index is 1.95. The van der Waals surface area contributed by atoms with Crippen molar-refractivity contribution < 1.29 is 50.0 Å². The van der Waals surface area contributed by atoms with Crippen LogP contribution in [0.5, 0.6) is 0 Å². The van der Waals surface area contributed by atoms with E-state index in [1.165, 1.54) is 205 Å². The average molecular weight is 930 g/mol. The maximum atomic E-state index is 12.9. The average Bonchev–Trinajstić information content (AvgIpc) is 3.31. The van der Waals surface area contributed by atoms with Gasteiger partial charge in [-0.3, -0.25) is 4.79 Å². The SMILES string of the molecule is CCCCCCCCCCCCCCCCCCCCCCCCCCCCCCCCCCCCCCC(O)C(=O)NC(COC1OC(CO)C(O)C(O)C1O)C(O)C(O)CCCC. The first-order valence-electron chi connectivity index (χ1n) is 27.9. The number of rotatable bonds is 48. The molecule has 1 saturated heterocycles. The van der Waals surface area contributed by atoms with Gasteiger partial charge in [-0.2, -0.15) is 0 Å². The zero-order chi connectivity index (χ0) is 47.6. The lowest BCUT2D eigenvalue weighted by molar-refractivity contribution is -0.303. The monoisotopic (exact) mass is 930 g/mol. The van der Waals surface area contributed by atoms with Gasteiger partial charge >= 0.3 is 0 Å². The maximum Gasteiger partial charge on any atom is 0.249 e. The molecule has 0 saturated carbocycles. The van der Waals surface area contributed by atoms with E-state index in [-0.39, 0.29) is 12.8 Å². The van der Waals surface area contributed by atoms with Crippen molar-refractivity contribution in [3.8, 4) is 0 Å². The molecule has 11 heteroatoms. The molecular formula is C54H107NO10. The van der Waals surface area contributed by atoms with Gasteiger partial charge in [0, 0.05) is 0 Å². The van der Waals surface area contributed by atoms with E-state index >= 15 is 0 Å². The lowest BCUT2D eigenvalue weighted by Gasteiger charge is -2.40. The number of aliphatic hydroxyl groups is 7. The molecule has 1 aliphatic rings. The Labute approximate surface area is 399 Å². The number of hydrogen-bond donors (Lipinski definition) is 8. The number of hydrogen-bond acceptors (Lipinski definition) is 10. The molecular weight excluding hydrogens is 823 g/mol. The largest absolute Gasteiger partial charge is 0.394 e. The summed E-state index contributed by atoms with van der Waals surface area (Å²) in [5.41, 5.74) is 0. The van der Waals surface area contributed by atoms with Crippen LogP contribution in [0.3, 0.4) is 0 Å². The summed E-state index contributed by atoms with van der Waals surface area (Å²) in [6, 6.07) is -1.16. The summed E-state index contributed by atoms with van der Waals surface area (Å²) in [6.07, 6.45) is 39.5. The Morgan fingerprint density at radius 1 is 0.477 bits per heavy atom. The summed E-state index contributed by atoms with van der Waals surface area (Å²) in [5.74, 6) is -0.703. The summed E-state index contributed by atoms with van der Waals surface area (Å²) in [5, 5.41) is 74.5. The number of carbonyl (C=O) groups is 1. The quantitative estimate of drug-likeness (QED) is 0.0273. The third-order valence-corrected chi connectivity index (χ3v) is 13.9. The van der Waals surface area contributed by atoms with Crippen molar-refractivity contribution in [2.75, 3.05) is 13.2 Å². The predicted octanol–water partition coefficient (Wildman–Crippen LogP) is 11.0. The van der Waals surface area contributed by atoms with Crippen LogP contribution in [-0.2, 0) is 14.3 Å². The van der Waals surface area contributed by atoms with Crippen LogP contribution in [-0.4, -0.2) is 110 Å². The Morgan fingerprint density at radius 3 is 1.15 bits per heavy atom. The molecule has 0 aromatic rings. The Hall–Kier alpha value is -0.890. The van der Waals surface area contributed by atoms with E-state index < -0.39 is 74.2 Å². The lowest BCUT2D eigenvalue weighted by Crippen LogP contribution is -2.60. The Morgan fingerprint density at radius 2 is 0.815 bits per heavy atom. The second kappa shape index (κ2) is 44.3. The van der Waals surface area contributed by atoms with Crippen molar-refractivity contribution in [1.29, 1.82) is 0 Å². The second-order valence-electron chi connectivity index (χ2n) is 20.0. The fraction of sp³-hybridized carbons (Fsp3) is 0.981. The summed E-state index contributed by atoms with van der Waals surface area (Å²) >= 11 is 0. The third-order valence-electron chi connectivity index (χ3n) is 13.9. The van der Waals surface area contributed by atoms with Gasteiger partial charge in [0.2, 0.25) is 5.91 Å². The van der Waals surface area contributed by atoms with Gasteiger partial charge in [0.15, 0.2) is 6.29 Å². The molecule has 8 N–H and O–H groups in total. The van der Waals surface area contributed by atoms with Crippen molar-refractivity contribution in [3.05, 3.63) is 0 Å². The predicted molar refractivity (Wildman–Crippen MR) is 266 cm³/mol. The van der Waals surface area contributed by atoms with Gasteiger partial charge in [-0.1, -0.05) is 258 Å². The Bertz CT molecular complexity index is 1020. The van der Waals surface area contributed by atoms with E-state index in [9.17, 15) is 40.5 Å². The summed E-state index contributed by atoms with van der Waals surface area (Å²) in [4.78, 5) is 12.9. The minimum absolute atomic E-state index is 0.264. The van der Waals surface area contributed by atoms with Crippen molar-refractivity contribution in [1.82, 2.24) is 5.32 Å². The van der Waals surface area contributed by atoms with Crippen molar-refractivity contribution >= 4 is 5.91 Å². The highest BCUT2D eigenvalue weighted by atomic mass is 16.7. The molecule has 0 bridgehead atoms. The van der Waals surface area contributed by atoms with E-state index in [0.29, 0.717) is 12.8 Å². The van der Waals surface area contributed by atoms with Crippen LogP contribution in [0.25, 0.3) is 0 Å². The number of nitrogens with one attached hydrogen (secondary N) is 1. The molecule has 9 unspecified atom stereocenters. The molecule has 9 atom stereocenters. The van der Waals surface area contributed by atoms with E-state index in [0.717, 1.165) is 25.7 Å². The van der Waals surface area contributed by atoms with Crippen LogP contribution in [0.2, 0.25) is 0 Å². The van der Waals surface area contributed by atoms with Crippen molar-refractivity contribution in [2.24, 2.45) is 0 Å². The van der Waals surface area contributed by atoms with Gasteiger partial charge in [-0.05, 0) is 12.8 Å². The standard InChI is InChI=1S/C54H107NO10/c1-3-5-7-8-9-10-11-12-13-14-15-16-17-18-19-20-21-22-23-24-25-26-27-28-29-30-31-32-33-34-35-36-37-38-39-40-42-47(58)53(63)55-45(49(59)46(57)41-6-4-2)44-64-54-52(62)51(61)50(60)48(43-56)65-54/h45-52,54,56-62H,3-44H2,1-2H3,(H,55,63). The summed E-state index contributed by atoms with van der Waals surface area (Å²) < 4.78 is 10.9. The van der Waals surface area contributed by atoms with Gasteiger partial charge in [0.05, 0.1) is 25.4 Å².